The van der Waals surface area contributed by atoms with E-state index in [-0.39, 0.29) is 5.03 Å². The van der Waals surface area contributed by atoms with Gasteiger partial charge in [-0.25, -0.2) is 13.4 Å². The molecule has 0 atom stereocenters. The lowest BCUT2D eigenvalue weighted by atomic mass is 10.1. The Morgan fingerprint density at radius 3 is 2.33 bits per heavy atom. The first-order valence-corrected chi connectivity index (χ1v) is 7.46. The SMILES string of the molecule is C[n+]1cc(-c2ccc(S(C)(=O)=O)nc2)ccc1Cl. The van der Waals surface area contributed by atoms with Crippen LogP contribution < -0.4 is 4.57 Å². The van der Waals surface area contributed by atoms with E-state index in [0.717, 1.165) is 17.4 Å². The van der Waals surface area contributed by atoms with Crippen LogP contribution >= 0.6 is 11.6 Å². The molecule has 6 heteroatoms. The van der Waals surface area contributed by atoms with Gasteiger partial charge in [0.05, 0.1) is 0 Å². The molecule has 0 radical (unpaired) electrons. The van der Waals surface area contributed by atoms with Gasteiger partial charge in [-0.05, 0) is 29.8 Å². The zero-order valence-electron chi connectivity index (χ0n) is 9.96. The number of rotatable bonds is 2. The van der Waals surface area contributed by atoms with Crippen molar-refractivity contribution in [2.24, 2.45) is 7.05 Å². The van der Waals surface area contributed by atoms with E-state index in [1.807, 2.05) is 19.3 Å². The zero-order chi connectivity index (χ0) is 13.3. The van der Waals surface area contributed by atoms with E-state index in [1.165, 1.54) is 6.07 Å². The lowest BCUT2D eigenvalue weighted by Crippen LogP contribution is -2.28. The maximum absolute atomic E-state index is 11.3. The van der Waals surface area contributed by atoms with Crippen molar-refractivity contribution in [3.63, 3.8) is 0 Å². The van der Waals surface area contributed by atoms with Crippen molar-refractivity contribution >= 4 is 21.4 Å². The molecule has 0 bridgehead atoms. The van der Waals surface area contributed by atoms with Gasteiger partial charge < -0.3 is 0 Å². The van der Waals surface area contributed by atoms with E-state index in [2.05, 4.69) is 4.98 Å². The number of sulfone groups is 1. The first-order valence-electron chi connectivity index (χ1n) is 5.19. The molecule has 0 aliphatic heterocycles. The van der Waals surface area contributed by atoms with Crippen molar-refractivity contribution in [1.82, 2.24) is 4.98 Å². The van der Waals surface area contributed by atoms with E-state index < -0.39 is 9.84 Å². The van der Waals surface area contributed by atoms with E-state index in [9.17, 15) is 8.42 Å². The fourth-order valence-electron chi connectivity index (χ4n) is 1.53. The summed E-state index contributed by atoms with van der Waals surface area (Å²) in [6.07, 6.45) is 4.54. The van der Waals surface area contributed by atoms with Crippen molar-refractivity contribution in [2.45, 2.75) is 5.03 Å². The summed E-state index contributed by atoms with van der Waals surface area (Å²) < 4.78 is 24.4. The predicted octanol–water partition coefficient (Wildman–Crippen LogP) is 1.63. The molecule has 18 heavy (non-hydrogen) atoms. The van der Waals surface area contributed by atoms with Gasteiger partial charge in [-0.1, -0.05) is 0 Å². The summed E-state index contributed by atoms with van der Waals surface area (Å²) in [5.41, 5.74) is 1.77. The summed E-state index contributed by atoms with van der Waals surface area (Å²) in [6.45, 7) is 0. The third-order valence-electron chi connectivity index (χ3n) is 2.52. The van der Waals surface area contributed by atoms with Gasteiger partial charge in [-0.15, -0.1) is 0 Å². The summed E-state index contributed by atoms with van der Waals surface area (Å²) in [4.78, 5) is 3.95. The Balaban J connectivity index is 2.43. The number of halogens is 1. The van der Waals surface area contributed by atoms with Crippen molar-refractivity contribution in [3.05, 3.63) is 41.8 Å². The fraction of sp³-hybridized carbons (Fsp3) is 0.167. The Hall–Kier alpha value is -1.46. The van der Waals surface area contributed by atoms with Gasteiger partial charge >= 0.3 is 0 Å². The van der Waals surface area contributed by atoms with Crippen LogP contribution in [0.2, 0.25) is 5.15 Å². The van der Waals surface area contributed by atoms with Gasteiger partial charge in [0.1, 0.15) is 7.05 Å². The standard InChI is InChI=1S/C12H12ClN2O2S/c1-15-8-10(3-5-11(15)13)9-4-6-12(14-7-9)18(2,16)17/h3-8H,1-2H3/q+1. The maximum atomic E-state index is 11.3. The molecule has 0 spiro atoms. The van der Waals surface area contributed by atoms with Gasteiger partial charge in [0, 0.05) is 29.6 Å². The second-order valence-corrected chi connectivity index (χ2v) is 6.36. The number of hydrogen-bond acceptors (Lipinski definition) is 3. The molecule has 2 aromatic heterocycles. The molecule has 0 saturated carbocycles. The smallest absolute Gasteiger partial charge is 0.244 e. The van der Waals surface area contributed by atoms with E-state index in [0.29, 0.717) is 5.15 Å². The summed E-state index contributed by atoms with van der Waals surface area (Å²) in [5, 5.41) is 0.698. The van der Waals surface area contributed by atoms with Crippen molar-refractivity contribution < 1.29 is 13.0 Å². The molecule has 0 N–H and O–H groups in total. The van der Waals surface area contributed by atoms with Gasteiger partial charge in [0.15, 0.2) is 21.1 Å². The molecule has 0 aliphatic rings. The van der Waals surface area contributed by atoms with Crippen LogP contribution in [0.3, 0.4) is 0 Å². The fourth-order valence-corrected chi connectivity index (χ4v) is 2.20. The average Bonchev–Trinajstić information content (AvgIpc) is 2.32. The Morgan fingerprint density at radius 2 is 1.83 bits per heavy atom. The molecular formula is C12H12ClN2O2S+. The van der Waals surface area contributed by atoms with Gasteiger partial charge in [0.2, 0.25) is 0 Å². The van der Waals surface area contributed by atoms with Crippen LogP contribution in [0.4, 0.5) is 0 Å². The third kappa shape index (κ3) is 2.68. The van der Waals surface area contributed by atoms with Crippen LogP contribution in [0, 0.1) is 0 Å². The van der Waals surface area contributed by atoms with Crippen LogP contribution in [0.15, 0.2) is 41.7 Å². The Labute approximate surface area is 111 Å². The largest absolute Gasteiger partial charge is 0.274 e. The molecular weight excluding hydrogens is 272 g/mol. The lowest BCUT2D eigenvalue weighted by molar-refractivity contribution is -0.668. The van der Waals surface area contributed by atoms with Gasteiger partial charge in [-0.2, -0.15) is 4.57 Å². The van der Waals surface area contributed by atoms with Crippen LogP contribution in [-0.4, -0.2) is 19.7 Å². The third-order valence-corrected chi connectivity index (χ3v) is 3.91. The number of aryl methyl sites for hydroxylation is 1. The van der Waals surface area contributed by atoms with Crippen LogP contribution in [-0.2, 0) is 16.9 Å². The van der Waals surface area contributed by atoms with Crippen molar-refractivity contribution in [2.75, 3.05) is 6.26 Å². The monoisotopic (exact) mass is 283 g/mol. The molecule has 0 saturated heterocycles. The second kappa shape index (κ2) is 4.66. The molecule has 0 aliphatic carbocycles. The molecule has 2 aromatic rings. The average molecular weight is 284 g/mol. The minimum absolute atomic E-state index is 0.0737. The highest BCUT2D eigenvalue weighted by molar-refractivity contribution is 7.90. The van der Waals surface area contributed by atoms with Gasteiger partial charge in [0.25, 0.3) is 5.15 Å². The topological polar surface area (TPSA) is 50.9 Å². The molecule has 4 nitrogen and oxygen atoms in total. The zero-order valence-corrected chi connectivity index (χ0v) is 11.5. The van der Waals surface area contributed by atoms with Crippen LogP contribution in [0.25, 0.3) is 11.1 Å². The first-order chi connectivity index (χ1) is 8.38. The van der Waals surface area contributed by atoms with Crippen LogP contribution in [0.5, 0.6) is 0 Å². The Bertz CT molecular complexity index is 682. The second-order valence-electron chi connectivity index (χ2n) is 4.01. The molecule has 0 fully saturated rings. The number of hydrogen-bond donors (Lipinski definition) is 0. The molecule has 0 amide bonds. The van der Waals surface area contributed by atoms with Crippen LogP contribution in [0.1, 0.15) is 0 Å². The molecule has 0 aromatic carbocycles. The molecule has 0 unspecified atom stereocenters. The van der Waals surface area contributed by atoms with Crippen molar-refractivity contribution in [3.8, 4) is 11.1 Å². The summed E-state index contributed by atoms with van der Waals surface area (Å²) in [5.74, 6) is 0. The highest BCUT2D eigenvalue weighted by atomic mass is 35.5. The highest BCUT2D eigenvalue weighted by Gasteiger charge is 2.10. The van der Waals surface area contributed by atoms with E-state index >= 15 is 0 Å². The minimum atomic E-state index is -3.25. The Kier molecular flexibility index (Phi) is 3.36. The molecule has 2 heterocycles. The maximum Gasteiger partial charge on any atom is 0.274 e. The summed E-state index contributed by atoms with van der Waals surface area (Å²) in [7, 11) is -1.42. The van der Waals surface area contributed by atoms with Gasteiger partial charge in [-0.3, -0.25) is 0 Å². The molecule has 2 rings (SSSR count). The molecule has 94 valence electrons. The highest BCUT2D eigenvalue weighted by Crippen LogP contribution is 2.19. The lowest BCUT2D eigenvalue weighted by Gasteiger charge is -2.01. The van der Waals surface area contributed by atoms with Crippen molar-refractivity contribution in [1.29, 1.82) is 0 Å². The normalized spacial score (nSPS) is 11.5. The Morgan fingerprint density at radius 1 is 1.17 bits per heavy atom. The predicted molar refractivity (Wildman–Crippen MR) is 69.0 cm³/mol. The number of pyridine rings is 2. The minimum Gasteiger partial charge on any atom is -0.244 e. The quantitative estimate of drug-likeness (QED) is 0.622. The first kappa shape index (κ1) is 13.0. The number of nitrogens with zero attached hydrogens (tertiary/aromatic N) is 2. The van der Waals surface area contributed by atoms with E-state index in [1.54, 1.807) is 22.9 Å². The summed E-state index contributed by atoms with van der Waals surface area (Å²) in [6, 6.07) is 6.87. The van der Waals surface area contributed by atoms with E-state index in [4.69, 9.17) is 11.6 Å². The number of aromatic nitrogens is 2. The summed E-state index contributed by atoms with van der Waals surface area (Å²) >= 11 is 5.92.